The lowest BCUT2D eigenvalue weighted by Crippen LogP contribution is -2.39. The molecule has 2 aromatic heterocycles. The van der Waals surface area contributed by atoms with E-state index in [1.807, 2.05) is 61.7 Å². The minimum Gasteiger partial charge on any atom is -0.496 e. The molecule has 0 aliphatic rings. The first-order chi connectivity index (χ1) is 13.8. The SMILES string of the molecule is COc1ccc2[nH]c(=O)c3sccc3c2c1-c1ccc(C(C)(C)NC(=O)O)cc1. The lowest BCUT2D eigenvalue weighted by Gasteiger charge is -2.25. The van der Waals surface area contributed by atoms with Crippen LogP contribution in [0.4, 0.5) is 4.79 Å². The number of hydrogen-bond donors (Lipinski definition) is 3. The van der Waals surface area contributed by atoms with Crippen LogP contribution in [0.1, 0.15) is 19.4 Å². The van der Waals surface area contributed by atoms with E-state index >= 15 is 0 Å². The smallest absolute Gasteiger partial charge is 0.405 e. The summed E-state index contributed by atoms with van der Waals surface area (Å²) in [7, 11) is 1.62. The van der Waals surface area contributed by atoms with Crippen molar-refractivity contribution < 1.29 is 14.6 Å². The highest BCUT2D eigenvalue weighted by Crippen LogP contribution is 2.40. The number of benzene rings is 2. The second-order valence-electron chi connectivity index (χ2n) is 7.32. The molecule has 4 rings (SSSR count). The fraction of sp³-hybridized carbons (Fsp3) is 0.182. The van der Waals surface area contributed by atoms with Crippen LogP contribution in [0.5, 0.6) is 5.75 Å². The summed E-state index contributed by atoms with van der Waals surface area (Å²) in [4.78, 5) is 26.4. The van der Waals surface area contributed by atoms with Crippen molar-refractivity contribution >= 4 is 38.4 Å². The average molecular weight is 408 g/mol. The number of amides is 1. The summed E-state index contributed by atoms with van der Waals surface area (Å²) in [5.41, 5.74) is 2.57. The Morgan fingerprint density at radius 2 is 1.86 bits per heavy atom. The number of ether oxygens (including phenoxy) is 1. The van der Waals surface area contributed by atoms with Crippen molar-refractivity contribution in [3.05, 3.63) is 63.8 Å². The summed E-state index contributed by atoms with van der Waals surface area (Å²) in [5.74, 6) is 0.702. The molecule has 3 N–H and O–H groups in total. The van der Waals surface area contributed by atoms with Gasteiger partial charge in [0.1, 0.15) is 10.4 Å². The van der Waals surface area contributed by atoms with Gasteiger partial charge in [0, 0.05) is 21.9 Å². The van der Waals surface area contributed by atoms with Gasteiger partial charge in [-0.15, -0.1) is 11.3 Å². The monoisotopic (exact) mass is 408 g/mol. The number of nitrogens with one attached hydrogen (secondary N) is 2. The molecule has 0 radical (unpaired) electrons. The van der Waals surface area contributed by atoms with E-state index in [1.54, 1.807) is 7.11 Å². The fourth-order valence-corrected chi connectivity index (χ4v) is 4.47. The first-order valence-electron chi connectivity index (χ1n) is 9.04. The number of hydrogen-bond acceptors (Lipinski definition) is 4. The molecule has 0 bridgehead atoms. The van der Waals surface area contributed by atoms with Crippen LogP contribution in [-0.2, 0) is 5.54 Å². The minimum absolute atomic E-state index is 0.101. The molecule has 2 aromatic carbocycles. The molecule has 0 fully saturated rings. The van der Waals surface area contributed by atoms with Gasteiger partial charge in [0.25, 0.3) is 5.56 Å². The minimum atomic E-state index is -1.07. The number of aromatic nitrogens is 1. The predicted octanol–water partition coefficient (Wildman–Crippen LogP) is 4.92. The van der Waals surface area contributed by atoms with Crippen LogP contribution in [0.15, 0.2) is 52.6 Å². The van der Waals surface area contributed by atoms with E-state index in [0.717, 1.165) is 33.0 Å². The Balaban J connectivity index is 1.95. The molecule has 29 heavy (non-hydrogen) atoms. The van der Waals surface area contributed by atoms with Gasteiger partial charge in [0.05, 0.1) is 12.6 Å². The number of rotatable bonds is 4. The van der Waals surface area contributed by atoms with Crippen LogP contribution < -0.4 is 15.6 Å². The molecule has 0 atom stereocenters. The standard InChI is InChI=1S/C22H20N2O4S/c1-22(2,24-21(26)27)13-6-4-12(5-7-13)17-16(28-3)9-8-15-18(17)14-10-11-29-19(14)20(25)23-15/h4-11,24H,1-3H3,(H,23,25)(H,26,27). The van der Waals surface area contributed by atoms with E-state index in [1.165, 1.54) is 11.3 Å². The van der Waals surface area contributed by atoms with Crippen molar-refractivity contribution in [3.63, 3.8) is 0 Å². The maximum atomic E-state index is 12.4. The predicted molar refractivity (Wildman–Crippen MR) is 116 cm³/mol. The number of thiophene rings is 1. The van der Waals surface area contributed by atoms with E-state index in [2.05, 4.69) is 10.3 Å². The van der Waals surface area contributed by atoms with Crippen molar-refractivity contribution in [1.82, 2.24) is 10.3 Å². The van der Waals surface area contributed by atoms with Crippen molar-refractivity contribution in [2.75, 3.05) is 7.11 Å². The molecule has 0 saturated heterocycles. The maximum Gasteiger partial charge on any atom is 0.405 e. The van der Waals surface area contributed by atoms with Crippen molar-refractivity contribution in [3.8, 4) is 16.9 Å². The molecule has 7 heteroatoms. The largest absolute Gasteiger partial charge is 0.496 e. The molecule has 148 valence electrons. The number of fused-ring (bicyclic) bond motifs is 3. The van der Waals surface area contributed by atoms with Gasteiger partial charge < -0.3 is 20.1 Å². The Kier molecular flexibility index (Phi) is 4.55. The summed E-state index contributed by atoms with van der Waals surface area (Å²) in [6.45, 7) is 3.63. The lowest BCUT2D eigenvalue weighted by molar-refractivity contribution is 0.182. The van der Waals surface area contributed by atoms with E-state index in [0.29, 0.717) is 10.4 Å². The van der Waals surface area contributed by atoms with Gasteiger partial charge >= 0.3 is 6.09 Å². The number of methoxy groups -OCH3 is 1. The van der Waals surface area contributed by atoms with Crippen molar-refractivity contribution in [2.24, 2.45) is 0 Å². The molecule has 1 amide bonds. The Morgan fingerprint density at radius 1 is 1.14 bits per heavy atom. The third-order valence-electron chi connectivity index (χ3n) is 5.09. The molecule has 0 unspecified atom stereocenters. The van der Waals surface area contributed by atoms with Crippen molar-refractivity contribution in [1.29, 1.82) is 0 Å². The second-order valence-corrected chi connectivity index (χ2v) is 8.23. The Bertz CT molecular complexity index is 1290. The topological polar surface area (TPSA) is 91.4 Å². The van der Waals surface area contributed by atoms with Crippen LogP contribution in [-0.4, -0.2) is 23.3 Å². The van der Waals surface area contributed by atoms with Crippen LogP contribution in [0.25, 0.3) is 32.1 Å². The molecular formula is C22H20N2O4S. The first-order valence-corrected chi connectivity index (χ1v) is 9.92. The number of H-pyrrole nitrogens is 1. The summed E-state index contributed by atoms with van der Waals surface area (Å²) in [6, 6.07) is 13.3. The Hall–Kier alpha value is -3.32. The fourth-order valence-electron chi connectivity index (χ4n) is 3.68. The molecule has 0 spiro atoms. The van der Waals surface area contributed by atoms with Crippen LogP contribution in [0.3, 0.4) is 0 Å². The zero-order valence-corrected chi connectivity index (χ0v) is 17.0. The number of carboxylic acid groups (broad SMARTS) is 1. The Labute approximate surface area is 170 Å². The average Bonchev–Trinajstić information content (AvgIpc) is 3.17. The van der Waals surface area contributed by atoms with E-state index in [-0.39, 0.29) is 5.56 Å². The number of pyridine rings is 1. The van der Waals surface area contributed by atoms with Gasteiger partial charge in [-0.2, -0.15) is 0 Å². The van der Waals surface area contributed by atoms with E-state index < -0.39 is 11.6 Å². The second kappa shape index (κ2) is 6.93. The quantitative estimate of drug-likeness (QED) is 0.447. The summed E-state index contributed by atoms with van der Waals surface area (Å²) in [5, 5.41) is 15.3. The van der Waals surface area contributed by atoms with Gasteiger partial charge in [0.15, 0.2) is 0 Å². The summed E-state index contributed by atoms with van der Waals surface area (Å²) >= 11 is 1.41. The van der Waals surface area contributed by atoms with Gasteiger partial charge in [-0.25, -0.2) is 4.79 Å². The summed E-state index contributed by atoms with van der Waals surface area (Å²) in [6.07, 6.45) is -1.07. The van der Waals surface area contributed by atoms with Crippen LogP contribution in [0.2, 0.25) is 0 Å². The van der Waals surface area contributed by atoms with Crippen molar-refractivity contribution in [2.45, 2.75) is 19.4 Å². The molecule has 0 aliphatic heterocycles. The first kappa shape index (κ1) is 19.0. The highest BCUT2D eigenvalue weighted by atomic mass is 32.1. The maximum absolute atomic E-state index is 12.4. The molecule has 4 aromatic rings. The molecule has 0 saturated carbocycles. The molecule has 2 heterocycles. The zero-order valence-electron chi connectivity index (χ0n) is 16.2. The molecule has 0 aliphatic carbocycles. The third-order valence-corrected chi connectivity index (χ3v) is 6.00. The van der Waals surface area contributed by atoms with Crippen LogP contribution in [0, 0.1) is 0 Å². The molecule has 6 nitrogen and oxygen atoms in total. The third kappa shape index (κ3) is 3.23. The highest BCUT2D eigenvalue weighted by Gasteiger charge is 2.23. The number of aromatic amines is 1. The lowest BCUT2D eigenvalue weighted by atomic mass is 9.91. The van der Waals surface area contributed by atoms with Gasteiger partial charge in [-0.05, 0) is 48.6 Å². The Morgan fingerprint density at radius 3 is 2.52 bits per heavy atom. The normalized spacial score (nSPS) is 11.7. The van der Waals surface area contributed by atoms with E-state index in [4.69, 9.17) is 9.84 Å². The zero-order chi connectivity index (χ0) is 20.8. The number of carbonyl (C=O) groups is 1. The van der Waals surface area contributed by atoms with Crippen LogP contribution >= 0.6 is 11.3 Å². The van der Waals surface area contributed by atoms with Gasteiger partial charge in [0.2, 0.25) is 0 Å². The van der Waals surface area contributed by atoms with Gasteiger partial charge in [-0.1, -0.05) is 24.3 Å². The highest BCUT2D eigenvalue weighted by molar-refractivity contribution is 7.17. The van der Waals surface area contributed by atoms with Gasteiger partial charge in [-0.3, -0.25) is 4.79 Å². The molecular weight excluding hydrogens is 388 g/mol. The van der Waals surface area contributed by atoms with E-state index in [9.17, 15) is 9.59 Å². The summed E-state index contributed by atoms with van der Waals surface area (Å²) < 4.78 is 6.31.